The minimum atomic E-state index is -1.47. The van der Waals surface area contributed by atoms with Gasteiger partial charge in [0.15, 0.2) is 0 Å². The van der Waals surface area contributed by atoms with Gasteiger partial charge in [0.2, 0.25) is 0 Å². The van der Waals surface area contributed by atoms with Gasteiger partial charge in [0.25, 0.3) is 0 Å². The third-order valence-electron chi connectivity index (χ3n) is 3.82. The topological polar surface area (TPSA) is 0 Å². The molecule has 0 N–H and O–H groups in total. The third-order valence-corrected chi connectivity index (χ3v) is 11.0. The van der Waals surface area contributed by atoms with Gasteiger partial charge in [0.1, 0.15) is 0 Å². The van der Waals surface area contributed by atoms with Crippen molar-refractivity contribution in [1.29, 1.82) is 0 Å². The van der Waals surface area contributed by atoms with Crippen LogP contribution in [-0.4, -0.2) is 19.6 Å². The van der Waals surface area contributed by atoms with Gasteiger partial charge in [-0.05, 0) is 0 Å². The molecule has 2 aromatic carbocycles. The number of hydrogen-bond acceptors (Lipinski definition) is 0. The van der Waals surface area contributed by atoms with E-state index in [9.17, 15) is 0 Å². The van der Waals surface area contributed by atoms with Crippen molar-refractivity contribution >= 4 is 26.8 Å². The van der Waals surface area contributed by atoms with Crippen molar-refractivity contribution in [2.75, 3.05) is 0 Å². The van der Waals surface area contributed by atoms with Crippen LogP contribution in [0.4, 0.5) is 0 Å². The predicted molar refractivity (Wildman–Crippen MR) is 92.2 cm³/mol. The molecule has 0 heterocycles. The molecular formula is C19H25Te+. The summed E-state index contributed by atoms with van der Waals surface area (Å²) in [4.78, 5) is 2.51. The van der Waals surface area contributed by atoms with Crippen molar-refractivity contribution in [2.24, 2.45) is 0 Å². The Morgan fingerprint density at radius 3 is 1.05 bits per heavy atom. The van der Waals surface area contributed by atoms with E-state index < -0.39 is 19.6 Å². The molecule has 2 rings (SSSR count). The van der Waals surface area contributed by atoms with Crippen LogP contribution in [0.5, 0.6) is 0 Å². The zero-order chi connectivity index (χ0) is 15.0. The first-order valence-electron chi connectivity index (χ1n) is 7.13. The SMILES string of the molecule is Cc1cc(C)c([Te+](C)c2c(C)cc(C)cc2C)c(C)c1. The van der Waals surface area contributed by atoms with Crippen molar-refractivity contribution in [3.63, 3.8) is 0 Å². The zero-order valence-electron chi connectivity index (χ0n) is 13.7. The van der Waals surface area contributed by atoms with E-state index in [0.717, 1.165) is 0 Å². The Morgan fingerprint density at radius 1 is 0.550 bits per heavy atom. The molecule has 0 unspecified atom stereocenters. The Balaban J connectivity index is 2.61. The third kappa shape index (κ3) is 2.95. The maximum atomic E-state index is 2.51. The van der Waals surface area contributed by atoms with Crippen LogP contribution in [0.3, 0.4) is 0 Å². The van der Waals surface area contributed by atoms with Crippen LogP contribution in [0.2, 0.25) is 4.97 Å². The van der Waals surface area contributed by atoms with E-state index in [4.69, 9.17) is 0 Å². The van der Waals surface area contributed by atoms with Gasteiger partial charge in [-0.15, -0.1) is 0 Å². The van der Waals surface area contributed by atoms with E-state index in [1.807, 2.05) is 0 Å². The molecule has 1 heteroatoms. The molecule has 106 valence electrons. The van der Waals surface area contributed by atoms with Gasteiger partial charge in [-0.3, -0.25) is 0 Å². The fraction of sp³-hybridized carbons (Fsp3) is 0.368. The van der Waals surface area contributed by atoms with Gasteiger partial charge in [0, 0.05) is 0 Å². The molecule has 0 bridgehead atoms. The van der Waals surface area contributed by atoms with E-state index in [-0.39, 0.29) is 0 Å². The first-order valence-corrected chi connectivity index (χ1v) is 11.8. The summed E-state index contributed by atoms with van der Waals surface area (Å²) in [6, 6.07) is 9.38. The Bertz CT molecular complexity index is 549. The van der Waals surface area contributed by atoms with Crippen LogP contribution in [0, 0.1) is 41.5 Å². The summed E-state index contributed by atoms with van der Waals surface area (Å²) < 4.78 is 3.32. The van der Waals surface area contributed by atoms with Gasteiger partial charge in [0.05, 0.1) is 0 Å². The molecule has 0 amide bonds. The molecule has 2 aromatic rings. The molecule has 0 aliphatic heterocycles. The standard InChI is InChI=1S/C19H25Te/c1-12-8-14(3)18(15(4)9-12)20(7)19-16(5)10-13(2)11-17(19)6/h8-11H,1-7H3/q+1. The van der Waals surface area contributed by atoms with Crippen LogP contribution >= 0.6 is 0 Å². The molecule has 0 atom stereocenters. The normalized spacial score (nSPS) is 11.2. The Labute approximate surface area is 130 Å². The van der Waals surface area contributed by atoms with Crippen LogP contribution in [0.1, 0.15) is 33.4 Å². The minimum absolute atomic E-state index is 1.38. The molecule has 0 radical (unpaired) electrons. The average molecular weight is 381 g/mol. The summed E-state index contributed by atoms with van der Waals surface area (Å²) in [6.07, 6.45) is 0. The Hall–Kier alpha value is -0.770. The zero-order valence-corrected chi connectivity index (χ0v) is 16.0. The first-order chi connectivity index (χ1) is 9.31. The Morgan fingerprint density at radius 2 is 0.800 bits per heavy atom. The second-order valence-electron chi connectivity index (χ2n) is 5.97. The molecule has 0 saturated carbocycles. The van der Waals surface area contributed by atoms with Gasteiger partial charge < -0.3 is 0 Å². The molecule has 20 heavy (non-hydrogen) atoms. The summed E-state index contributed by atoms with van der Waals surface area (Å²) in [7, 11) is 0. The fourth-order valence-corrected chi connectivity index (χ4v) is 10.2. The molecular weight excluding hydrogens is 356 g/mol. The maximum absolute atomic E-state index is 2.51. The summed E-state index contributed by atoms with van der Waals surface area (Å²) in [5.74, 6) is 0. The van der Waals surface area contributed by atoms with E-state index in [1.54, 1.807) is 7.22 Å². The molecule has 0 fully saturated rings. The predicted octanol–water partition coefficient (Wildman–Crippen LogP) is 3.78. The van der Waals surface area contributed by atoms with E-state index >= 15 is 0 Å². The van der Waals surface area contributed by atoms with Gasteiger partial charge in [-0.2, -0.15) is 0 Å². The van der Waals surface area contributed by atoms with Crippen LogP contribution < -0.4 is 7.22 Å². The van der Waals surface area contributed by atoms with Crippen molar-refractivity contribution in [3.05, 3.63) is 57.6 Å². The van der Waals surface area contributed by atoms with Gasteiger partial charge in [-0.25, -0.2) is 0 Å². The number of rotatable bonds is 2. The van der Waals surface area contributed by atoms with Crippen molar-refractivity contribution in [2.45, 2.75) is 46.5 Å². The molecule has 0 aliphatic carbocycles. The quantitative estimate of drug-likeness (QED) is 0.695. The van der Waals surface area contributed by atoms with Gasteiger partial charge >= 0.3 is 131 Å². The Kier molecular flexibility index (Phi) is 4.62. The van der Waals surface area contributed by atoms with Crippen molar-refractivity contribution < 1.29 is 0 Å². The number of aryl methyl sites for hydroxylation is 6. The molecule has 0 aromatic heterocycles. The van der Waals surface area contributed by atoms with Crippen LogP contribution in [-0.2, 0) is 0 Å². The second-order valence-corrected chi connectivity index (χ2v) is 11.2. The van der Waals surface area contributed by atoms with E-state index in [1.165, 1.54) is 33.4 Å². The molecule has 0 saturated heterocycles. The van der Waals surface area contributed by atoms with E-state index in [2.05, 4.69) is 70.8 Å². The molecule has 0 nitrogen and oxygen atoms in total. The van der Waals surface area contributed by atoms with Crippen LogP contribution in [0.15, 0.2) is 24.3 Å². The van der Waals surface area contributed by atoms with Crippen molar-refractivity contribution in [1.82, 2.24) is 0 Å². The van der Waals surface area contributed by atoms with Gasteiger partial charge in [-0.1, -0.05) is 0 Å². The second kappa shape index (κ2) is 5.92. The van der Waals surface area contributed by atoms with E-state index in [0.29, 0.717) is 0 Å². The summed E-state index contributed by atoms with van der Waals surface area (Å²) >= 11 is -1.47. The van der Waals surface area contributed by atoms with Crippen LogP contribution in [0.25, 0.3) is 0 Å². The summed E-state index contributed by atoms with van der Waals surface area (Å²) in [5, 5.41) is 0. The monoisotopic (exact) mass is 383 g/mol. The van der Waals surface area contributed by atoms with Crippen molar-refractivity contribution in [3.8, 4) is 0 Å². The molecule has 0 aliphatic rings. The summed E-state index contributed by atoms with van der Waals surface area (Å²) in [5.41, 5.74) is 8.71. The first kappa shape index (κ1) is 15.6. The number of hydrogen-bond donors (Lipinski definition) is 0. The molecule has 0 spiro atoms. The average Bonchev–Trinajstić information content (AvgIpc) is 2.25. The fourth-order valence-electron chi connectivity index (χ4n) is 3.40. The summed E-state index contributed by atoms with van der Waals surface area (Å²) in [6.45, 7) is 13.5. The number of benzene rings is 2.